The van der Waals surface area contributed by atoms with E-state index in [1.54, 1.807) is 0 Å². The maximum Gasteiger partial charge on any atom is 0.229 e. The van der Waals surface area contributed by atoms with Crippen molar-refractivity contribution in [3.63, 3.8) is 0 Å². The first kappa shape index (κ1) is 82.4. The molecule has 0 fully saturated rings. The number of rotatable bonds is 43. The standard InChI is InChI=1S/C63H96Cl3N35S3/c1-5-44(40(3)86-51(87-48(71)74-26-20-67)80-32-34-83-59-94-56(79-28-22-69)97-63(100-59)104-38-43-10-16-47(66)17-11-43)19-25-77-55-93-57(98-62(96-55)103-37-42-8-14-46(65)15-9-42)82-31-30-75-49(72)90-60(85-29-23-70)101(4)39(2)18-24-76-54-92-58(99-61(95-54)102-36-41-6-12-45(64)13-7-41)84-35-33-81-53-89-50(73)88-52(91-53)78-27-21-68/h6-17,39-40,44H,5,18-38,67-70H2,1-4H3,(H3,72,75,85,90)(H4,71,74,80,86,87)(H2,76,84,92,95,99)(H2,77,82,93,96,98)(H2,79,83,94,97,100)(H4,73,78,81,88,89,91). The summed E-state index contributed by atoms with van der Waals surface area (Å²) in [7, 11) is 1.93. The molecule has 7 aromatic rings. The van der Waals surface area contributed by atoms with E-state index in [0.717, 1.165) is 23.1 Å². The average molecular weight is 1550 g/mol. The summed E-state index contributed by atoms with van der Waals surface area (Å²) in [5, 5.41) is 36.1. The van der Waals surface area contributed by atoms with Crippen molar-refractivity contribution in [2.45, 2.75) is 84.8 Å². The summed E-state index contributed by atoms with van der Waals surface area (Å²) in [5.74, 6) is 6.01. The minimum Gasteiger partial charge on any atom is -0.370 e. The van der Waals surface area contributed by atoms with Crippen molar-refractivity contribution in [3.05, 3.63) is 110 Å². The third kappa shape index (κ3) is 31.2. The van der Waals surface area contributed by atoms with Crippen LogP contribution in [-0.2, 0) is 17.3 Å². The summed E-state index contributed by atoms with van der Waals surface area (Å²) < 4.78 is 0. The van der Waals surface area contributed by atoms with E-state index in [-0.39, 0.29) is 42.4 Å². The molecule has 0 aliphatic carbocycles. The number of hydrogen-bond donors (Lipinski definition) is 18. The van der Waals surface area contributed by atoms with Gasteiger partial charge in [-0.15, -0.1) is 0 Å². The van der Waals surface area contributed by atoms with Crippen LogP contribution in [0.25, 0.3) is 0 Å². The fourth-order valence-corrected chi connectivity index (χ4v) is 12.0. The topological polar surface area (TPSA) is 525 Å². The summed E-state index contributed by atoms with van der Waals surface area (Å²) >= 11 is 22.9. The average Bonchev–Trinajstić information content (AvgIpc) is 0.870. The fourth-order valence-electron chi connectivity index (χ4n) is 9.20. The minimum atomic E-state index is -0.0815. The molecule has 0 saturated carbocycles. The number of nitrogens with zero attached hydrogens (tertiary/aromatic N) is 17. The zero-order chi connectivity index (χ0) is 74.3. The van der Waals surface area contributed by atoms with E-state index >= 15 is 0 Å². The lowest BCUT2D eigenvalue weighted by Gasteiger charge is -2.28. The van der Waals surface area contributed by atoms with Gasteiger partial charge in [-0.2, -0.15) is 54.8 Å². The monoisotopic (exact) mass is 1540 g/mol. The van der Waals surface area contributed by atoms with Crippen LogP contribution in [-0.4, -0.2) is 212 Å². The second kappa shape index (κ2) is 46.1. The predicted octanol–water partition coefficient (Wildman–Crippen LogP) is 4.12. The molecule has 3 aromatic carbocycles. The third-order valence-corrected chi connectivity index (χ3v) is 18.3. The lowest BCUT2D eigenvalue weighted by atomic mass is 9.95. The van der Waals surface area contributed by atoms with Gasteiger partial charge in [-0.3, -0.25) is 40.6 Å². The molecule has 0 aliphatic rings. The molecule has 4 aromatic heterocycles. The van der Waals surface area contributed by atoms with Crippen molar-refractivity contribution < 1.29 is 0 Å². The van der Waals surface area contributed by atoms with Crippen LogP contribution in [0.15, 0.2) is 113 Å². The largest absolute Gasteiger partial charge is 0.370 e. The molecule has 7 rings (SSSR count). The van der Waals surface area contributed by atoms with Gasteiger partial charge in [0.25, 0.3) is 0 Å². The van der Waals surface area contributed by atoms with Gasteiger partial charge in [-0.1, -0.05) is 120 Å². The van der Waals surface area contributed by atoms with Gasteiger partial charge >= 0.3 is 0 Å². The van der Waals surface area contributed by atoms with E-state index in [1.807, 2.05) is 84.7 Å². The Labute approximate surface area is 633 Å². The second-order valence-corrected chi connectivity index (χ2v) is 26.9. The molecule has 4 heterocycles. The first-order valence-corrected chi connectivity index (χ1v) is 37.9. The molecule has 0 radical (unpaired) electrons. The summed E-state index contributed by atoms with van der Waals surface area (Å²) in [6.45, 7) is 12.6. The Morgan fingerprint density at radius 3 is 1.41 bits per heavy atom. The lowest BCUT2D eigenvalue weighted by molar-refractivity contribution is 0.367. The first-order chi connectivity index (χ1) is 50.5. The fraction of sp³-hybridized carbons (Fsp3) is 0.460. The van der Waals surface area contributed by atoms with E-state index in [4.69, 9.17) is 115 Å². The van der Waals surface area contributed by atoms with Crippen molar-refractivity contribution in [1.29, 1.82) is 0 Å². The maximum atomic E-state index is 6.55. The molecule has 0 aliphatic heterocycles. The highest BCUT2D eigenvalue weighted by atomic mass is 35.5. The van der Waals surface area contributed by atoms with Crippen LogP contribution in [0.5, 0.6) is 0 Å². The second-order valence-electron chi connectivity index (χ2n) is 22.8. The molecule has 562 valence electrons. The Bertz CT molecular complexity index is 3890. The zero-order valence-electron chi connectivity index (χ0n) is 58.7. The van der Waals surface area contributed by atoms with Gasteiger partial charge in [0.2, 0.25) is 59.2 Å². The summed E-state index contributed by atoms with van der Waals surface area (Å²) in [6.07, 6.45) is 2.18. The number of nitrogens with one attached hydrogen (secondary N) is 11. The van der Waals surface area contributed by atoms with Crippen LogP contribution < -0.4 is 98.9 Å². The van der Waals surface area contributed by atoms with E-state index < -0.39 is 0 Å². The highest BCUT2D eigenvalue weighted by Gasteiger charge is 2.20. The number of nitrogen functional groups attached to an aromatic ring is 1. The molecule has 35 nitrogen and oxygen atoms in total. The van der Waals surface area contributed by atoms with Crippen LogP contribution in [0.1, 0.15) is 56.7 Å². The Balaban J connectivity index is 0.950. The summed E-state index contributed by atoms with van der Waals surface area (Å²) in [5.41, 5.74) is 45.5. The van der Waals surface area contributed by atoms with Crippen LogP contribution in [0.4, 0.5) is 47.6 Å². The molecule has 41 heteroatoms. The Morgan fingerprint density at radius 1 is 0.481 bits per heavy atom. The lowest BCUT2D eigenvalue weighted by Crippen LogP contribution is -2.50. The molecule has 25 N–H and O–H groups in total. The van der Waals surface area contributed by atoms with Gasteiger partial charge in [0.15, 0.2) is 33.3 Å². The van der Waals surface area contributed by atoms with Crippen molar-refractivity contribution in [2.24, 2.45) is 65.3 Å². The molecule has 0 amide bonds. The Hall–Kier alpha value is -8.86. The number of aromatic amines is 1. The smallest absolute Gasteiger partial charge is 0.229 e. The Morgan fingerprint density at radius 2 is 0.913 bits per heavy atom. The first-order valence-electron chi connectivity index (χ1n) is 33.8. The van der Waals surface area contributed by atoms with Gasteiger partial charge in [0.05, 0.1) is 26.2 Å². The molecule has 0 spiro atoms. The number of aliphatic imine (C=N–C) groups is 4. The summed E-state index contributed by atoms with van der Waals surface area (Å²) in [4.78, 5) is 79.0. The quantitative estimate of drug-likeness (QED) is 0.0111. The van der Waals surface area contributed by atoms with Gasteiger partial charge in [-0.05, 0) is 85.7 Å². The Kier molecular flexibility index (Phi) is 36.5. The van der Waals surface area contributed by atoms with E-state index in [1.165, 1.54) is 35.3 Å². The van der Waals surface area contributed by atoms with Crippen molar-refractivity contribution in [2.75, 3.05) is 155 Å². The molecule has 3 atom stereocenters. The number of benzene rings is 3. The van der Waals surface area contributed by atoms with Gasteiger partial charge in [0.1, 0.15) is 0 Å². The molecule has 0 saturated heterocycles. The number of nitrogens with two attached hydrogens (primary N) is 7. The maximum absolute atomic E-state index is 6.55. The predicted molar refractivity (Wildman–Crippen MR) is 426 cm³/mol. The molecule has 104 heavy (non-hydrogen) atoms. The number of aromatic nitrogens is 12. The number of hydrogen-bond acceptors (Lipinski definition) is 31. The normalized spacial score (nSPS) is 13.0. The van der Waals surface area contributed by atoms with Crippen LogP contribution in [0.2, 0.25) is 15.1 Å². The number of halogens is 3. The number of anilines is 8. The molecular formula is C63H96Cl3N35S3. The van der Waals surface area contributed by atoms with E-state index in [9.17, 15) is 0 Å². The number of H-pyrrole nitrogens is 1. The van der Waals surface area contributed by atoms with E-state index in [0.29, 0.717) is 218 Å². The van der Waals surface area contributed by atoms with Crippen molar-refractivity contribution in [3.8, 4) is 0 Å². The summed E-state index contributed by atoms with van der Waals surface area (Å²) in [6, 6.07) is 22.8. The minimum absolute atomic E-state index is 0.0588. The number of thioether (sulfide) groups is 3. The van der Waals surface area contributed by atoms with E-state index in [2.05, 4.69) is 119 Å². The highest BCUT2D eigenvalue weighted by Crippen LogP contribution is 2.26. The third-order valence-electron chi connectivity index (χ3n) is 14.7. The molecule has 3 unspecified atom stereocenters. The van der Waals surface area contributed by atoms with Crippen molar-refractivity contribution >= 4 is 142 Å². The number of guanidine groups is 4. The highest BCUT2D eigenvalue weighted by molar-refractivity contribution is 7.98. The van der Waals surface area contributed by atoms with Crippen LogP contribution in [0, 0.1) is 5.92 Å². The SMILES string of the molecule is CCC(CCN=c1nc(SCc2ccc(Cl)cc2)nc(NCCN=C(N)NC(=NCCN)N(C)C(C)CCNc2nc(NCCNc3nc(N)nc(NCCN)n3)nc(SCc3ccc(Cl)cc3)n2)[nH]1)C(C)NC(=NCCNc1nc(NCCN)nc(SCc2ccc(Cl)cc2)n1)NC(N)=NCCN. The van der Waals surface area contributed by atoms with Crippen LogP contribution in [0.3, 0.4) is 0 Å². The van der Waals surface area contributed by atoms with Gasteiger partial charge < -0.3 is 87.6 Å². The van der Waals surface area contributed by atoms with Crippen LogP contribution >= 0.6 is 70.1 Å². The van der Waals surface area contributed by atoms with Gasteiger partial charge in [-0.25, -0.2) is 0 Å². The molecular weight excluding hydrogens is 1450 g/mol. The van der Waals surface area contributed by atoms with Gasteiger partial charge in [0, 0.05) is 130 Å². The van der Waals surface area contributed by atoms with Crippen molar-refractivity contribution in [1.82, 2.24) is 80.7 Å². The zero-order valence-corrected chi connectivity index (χ0v) is 63.4. The molecule has 0 bridgehead atoms.